The largest absolute Gasteiger partial charge is 0.490 e. The Bertz CT molecular complexity index is 644. The fourth-order valence-electron chi connectivity index (χ4n) is 1.79. The number of amidine groups is 1. The molecule has 0 spiro atoms. The number of hydrogen-bond donors (Lipinski definition) is 2. The first-order valence-corrected chi connectivity index (χ1v) is 7.44. The van der Waals surface area contributed by atoms with Crippen molar-refractivity contribution in [3.05, 3.63) is 52.5 Å². The van der Waals surface area contributed by atoms with Crippen molar-refractivity contribution in [3.8, 4) is 17.2 Å². The molecule has 2 aromatic rings. The van der Waals surface area contributed by atoms with Crippen molar-refractivity contribution in [3.63, 3.8) is 0 Å². The summed E-state index contributed by atoms with van der Waals surface area (Å²) in [5.41, 5.74) is 6.14. The zero-order chi connectivity index (χ0) is 15.2. The first-order chi connectivity index (χ1) is 10.1. The highest BCUT2D eigenvalue weighted by atomic mass is 79.9. The molecule has 3 N–H and O–H groups in total. The van der Waals surface area contributed by atoms with Gasteiger partial charge in [-0.25, -0.2) is 0 Å². The van der Waals surface area contributed by atoms with Crippen LogP contribution in [0.3, 0.4) is 0 Å². The zero-order valence-corrected chi connectivity index (χ0v) is 13.3. The second-order valence-electron chi connectivity index (χ2n) is 4.45. The number of nitrogens with two attached hydrogens (primary N) is 1. The summed E-state index contributed by atoms with van der Waals surface area (Å²) in [7, 11) is 0. The van der Waals surface area contributed by atoms with Crippen LogP contribution in [0.4, 0.5) is 0 Å². The molecule has 110 valence electrons. The van der Waals surface area contributed by atoms with Crippen molar-refractivity contribution < 1.29 is 9.47 Å². The van der Waals surface area contributed by atoms with Gasteiger partial charge in [0.25, 0.3) is 0 Å². The van der Waals surface area contributed by atoms with E-state index < -0.39 is 0 Å². The van der Waals surface area contributed by atoms with Gasteiger partial charge in [-0.1, -0.05) is 35.0 Å². The highest BCUT2D eigenvalue weighted by Crippen LogP contribution is 2.34. The molecule has 0 saturated carbocycles. The first kappa shape index (κ1) is 15.4. The summed E-state index contributed by atoms with van der Waals surface area (Å²) in [6, 6.07) is 12.8. The van der Waals surface area contributed by atoms with Gasteiger partial charge in [0, 0.05) is 4.47 Å². The minimum absolute atomic E-state index is 0.0375. The molecular weight excluding hydrogens is 332 g/mol. The van der Waals surface area contributed by atoms with Crippen LogP contribution in [0.25, 0.3) is 0 Å². The van der Waals surface area contributed by atoms with Crippen LogP contribution in [0, 0.1) is 5.41 Å². The number of halogens is 1. The topological polar surface area (TPSA) is 68.3 Å². The number of nitrogens with one attached hydrogen (secondary N) is 1. The number of ether oxygens (including phenoxy) is 2. The lowest BCUT2D eigenvalue weighted by Crippen LogP contribution is -2.12. The molecule has 0 aliphatic heterocycles. The van der Waals surface area contributed by atoms with E-state index in [9.17, 15) is 0 Å². The smallest absolute Gasteiger partial charge is 0.169 e. The fraction of sp³-hybridized carbons (Fsp3) is 0.188. The maximum atomic E-state index is 7.63. The number of rotatable bonds is 6. The Morgan fingerprint density at radius 3 is 2.52 bits per heavy atom. The Hall–Kier alpha value is -2.01. The van der Waals surface area contributed by atoms with Crippen LogP contribution in [-0.2, 0) is 0 Å². The van der Waals surface area contributed by atoms with Gasteiger partial charge in [0.1, 0.15) is 11.6 Å². The van der Waals surface area contributed by atoms with Gasteiger partial charge in [0.2, 0.25) is 0 Å². The van der Waals surface area contributed by atoms with E-state index in [-0.39, 0.29) is 5.84 Å². The van der Waals surface area contributed by atoms with E-state index >= 15 is 0 Å². The predicted molar refractivity (Wildman–Crippen MR) is 87.5 cm³/mol. The maximum absolute atomic E-state index is 7.63. The van der Waals surface area contributed by atoms with Crippen LogP contribution < -0.4 is 15.2 Å². The summed E-state index contributed by atoms with van der Waals surface area (Å²) >= 11 is 3.40. The molecule has 0 aliphatic carbocycles. The van der Waals surface area contributed by atoms with Gasteiger partial charge in [-0.3, -0.25) is 5.41 Å². The zero-order valence-electron chi connectivity index (χ0n) is 11.7. The minimum Gasteiger partial charge on any atom is -0.490 e. The lowest BCUT2D eigenvalue weighted by molar-refractivity contribution is 0.302. The van der Waals surface area contributed by atoms with E-state index in [1.165, 1.54) is 0 Å². The summed E-state index contributed by atoms with van der Waals surface area (Å²) in [5.74, 6) is 1.76. The average Bonchev–Trinajstić information content (AvgIpc) is 2.46. The van der Waals surface area contributed by atoms with Gasteiger partial charge in [-0.15, -0.1) is 0 Å². The fourth-order valence-corrected chi connectivity index (χ4v) is 2.13. The van der Waals surface area contributed by atoms with Crippen LogP contribution in [-0.4, -0.2) is 12.4 Å². The third-order valence-corrected chi connectivity index (χ3v) is 3.26. The number of para-hydroxylation sites is 2. The van der Waals surface area contributed by atoms with Crippen LogP contribution in [0.15, 0.2) is 46.9 Å². The standard InChI is InChI=1S/C16H17BrN2O2/c1-2-9-20-13-5-3-4-6-14(13)21-15-10-11(17)7-8-12(15)16(18)19/h3-8,10H,2,9H2,1H3,(H3,18,19). The van der Waals surface area contributed by atoms with Gasteiger partial charge in [-0.2, -0.15) is 0 Å². The molecule has 0 fully saturated rings. The quantitative estimate of drug-likeness (QED) is 0.603. The highest BCUT2D eigenvalue weighted by Gasteiger charge is 2.11. The van der Waals surface area contributed by atoms with E-state index in [1.807, 2.05) is 37.3 Å². The van der Waals surface area contributed by atoms with Crippen molar-refractivity contribution in [2.24, 2.45) is 5.73 Å². The summed E-state index contributed by atoms with van der Waals surface area (Å²) in [4.78, 5) is 0. The van der Waals surface area contributed by atoms with Crippen molar-refractivity contribution >= 4 is 21.8 Å². The maximum Gasteiger partial charge on any atom is 0.169 e. The molecule has 21 heavy (non-hydrogen) atoms. The molecule has 0 atom stereocenters. The Morgan fingerprint density at radius 1 is 1.14 bits per heavy atom. The Labute approximate surface area is 132 Å². The van der Waals surface area contributed by atoms with Gasteiger partial charge in [0.15, 0.2) is 11.5 Å². The molecule has 2 aromatic carbocycles. The molecule has 0 aliphatic rings. The average molecular weight is 349 g/mol. The van der Waals surface area contributed by atoms with Crippen molar-refractivity contribution in [2.45, 2.75) is 13.3 Å². The van der Waals surface area contributed by atoms with Crippen molar-refractivity contribution in [1.29, 1.82) is 5.41 Å². The summed E-state index contributed by atoms with van der Waals surface area (Å²) < 4.78 is 12.4. The molecule has 2 rings (SSSR count). The third-order valence-electron chi connectivity index (χ3n) is 2.76. The van der Waals surface area contributed by atoms with Gasteiger partial charge in [0.05, 0.1) is 12.2 Å². The van der Waals surface area contributed by atoms with Crippen LogP contribution in [0.5, 0.6) is 17.2 Å². The van der Waals surface area contributed by atoms with E-state index in [1.54, 1.807) is 12.1 Å². The van der Waals surface area contributed by atoms with Crippen LogP contribution >= 0.6 is 15.9 Å². The molecule has 0 amide bonds. The lowest BCUT2D eigenvalue weighted by atomic mass is 10.2. The van der Waals surface area contributed by atoms with Gasteiger partial charge in [-0.05, 0) is 36.8 Å². The molecule has 0 aromatic heterocycles. The molecule has 4 nitrogen and oxygen atoms in total. The van der Waals surface area contributed by atoms with E-state index in [0.717, 1.165) is 10.9 Å². The number of nitrogen functional groups attached to an aromatic ring is 1. The van der Waals surface area contributed by atoms with Gasteiger partial charge >= 0.3 is 0 Å². The highest BCUT2D eigenvalue weighted by molar-refractivity contribution is 9.10. The monoisotopic (exact) mass is 348 g/mol. The molecule has 0 unspecified atom stereocenters. The Kier molecular flexibility index (Phi) is 5.22. The van der Waals surface area contributed by atoms with E-state index in [4.69, 9.17) is 20.6 Å². The van der Waals surface area contributed by atoms with Crippen LogP contribution in [0.1, 0.15) is 18.9 Å². The molecule has 0 radical (unpaired) electrons. The first-order valence-electron chi connectivity index (χ1n) is 6.65. The van der Waals surface area contributed by atoms with Gasteiger partial charge < -0.3 is 15.2 Å². The second-order valence-corrected chi connectivity index (χ2v) is 5.37. The van der Waals surface area contributed by atoms with E-state index in [2.05, 4.69) is 15.9 Å². The molecular formula is C16H17BrN2O2. The SMILES string of the molecule is CCCOc1ccccc1Oc1cc(Br)ccc1C(=N)N. The lowest BCUT2D eigenvalue weighted by Gasteiger charge is -2.14. The van der Waals surface area contributed by atoms with Crippen LogP contribution in [0.2, 0.25) is 0 Å². The number of benzene rings is 2. The van der Waals surface area contributed by atoms with Crippen molar-refractivity contribution in [2.75, 3.05) is 6.61 Å². The normalized spacial score (nSPS) is 10.2. The predicted octanol–water partition coefficient (Wildman–Crippen LogP) is 4.31. The summed E-state index contributed by atoms with van der Waals surface area (Å²) in [5, 5.41) is 7.63. The Balaban J connectivity index is 2.34. The second kappa shape index (κ2) is 7.13. The molecule has 0 saturated heterocycles. The van der Waals surface area contributed by atoms with E-state index in [0.29, 0.717) is 29.4 Å². The summed E-state index contributed by atoms with van der Waals surface area (Å²) in [6.07, 6.45) is 0.921. The Morgan fingerprint density at radius 2 is 1.86 bits per heavy atom. The molecule has 0 heterocycles. The number of hydrogen-bond acceptors (Lipinski definition) is 3. The van der Waals surface area contributed by atoms with Crippen molar-refractivity contribution in [1.82, 2.24) is 0 Å². The molecule has 0 bridgehead atoms. The summed E-state index contributed by atoms with van der Waals surface area (Å²) in [6.45, 7) is 2.67. The minimum atomic E-state index is -0.0375. The molecule has 5 heteroatoms. The third kappa shape index (κ3) is 3.98.